The molecular formula is C24H32N4O2S2. The van der Waals surface area contributed by atoms with Crippen molar-refractivity contribution in [1.82, 2.24) is 4.90 Å². The molecule has 1 aliphatic carbocycles. The van der Waals surface area contributed by atoms with Gasteiger partial charge >= 0.3 is 0 Å². The summed E-state index contributed by atoms with van der Waals surface area (Å²) in [5.41, 5.74) is 2.10. The maximum atomic E-state index is 12.8. The maximum Gasteiger partial charge on any atom is 0.222 e. The van der Waals surface area contributed by atoms with Crippen molar-refractivity contribution >= 4 is 46.2 Å². The molecule has 2 aliphatic rings. The van der Waals surface area contributed by atoms with E-state index in [9.17, 15) is 9.90 Å². The SMILES string of the molecule is N=C(Nc1ccc2c(c1)SCCN2CCN(CCO)C(=O)CC1CCCC1)c1cccs1. The first-order valence-corrected chi connectivity index (χ1v) is 13.3. The van der Waals surface area contributed by atoms with E-state index in [2.05, 4.69) is 22.3 Å². The van der Waals surface area contributed by atoms with E-state index in [4.69, 9.17) is 5.41 Å². The number of benzene rings is 1. The minimum atomic E-state index is 0.00801. The summed E-state index contributed by atoms with van der Waals surface area (Å²) in [6.45, 7) is 2.77. The quantitative estimate of drug-likeness (QED) is 0.370. The summed E-state index contributed by atoms with van der Waals surface area (Å²) < 4.78 is 0. The smallest absolute Gasteiger partial charge is 0.222 e. The summed E-state index contributed by atoms with van der Waals surface area (Å²) >= 11 is 3.39. The molecule has 1 aliphatic heterocycles. The number of anilines is 2. The molecule has 32 heavy (non-hydrogen) atoms. The van der Waals surface area contributed by atoms with Gasteiger partial charge in [0.05, 0.1) is 17.2 Å². The molecule has 3 N–H and O–H groups in total. The zero-order valence-corrected chi connectivity index (χ0v) is 20.0. The number of amides is 1. The Morgan fingerprint density at radius 1 is 1.25 bits per heavy atom. The number of thioether (sulfide) groups is 1. The first-order valence-electron chi connectivity index (χ1n) is 11.4. The summed E-state index contributed by atoms with van der Waals surface area (Å²) in [6.07, 6.45) is 5.43. The van der Waals surface area contributed by atoms with Crippen LogP contribution in [-0.2, 0) is 4.79 Å². The Kier molecular flexibility index (Phi) is 8.10. The molecule has 6 nitrogen and oxygen atoms in total. The predicted octanol–water partition coefficient (Wildman–Crippen LogP) is 4.50. The monoisotopic (exact) mass is 472 g/mol. The van der Waals surface area contributed by atoms with Crippen LogP contribution in [0, 0.1) is 11.3 Å². The highest BCUT2D eigenvalue weighted by Gasteiger charge is 2.24. The van der Waals surface area contributed by atoms with Crippen LogP contribution in [0.25, 0.3) is 0 Å². The fourth-order valence-electron chi connectivity index (χ4n) is 4.53. The molecule has 0 unspecified atom stereocenters. The first kappa shape index (κ1) is 23.1. The lowest BCUT2D eigenvalue weighted by molar-refractivity contribution is -0.132. The molecule has 172 valence electrons. The Morgan fingerprint density at radius 2 is 2.09 bits per heavy atom. The van der Waals surface area contributed by atoms with Crippen LogP contribution in [0.5, 0.6) is 0 Å². The number of nitrogens with zero attached hydrogens (tertiary/aromatic N) is 2. The number of carbonyl (C=O) groups excluding carboxylic acids is 1. The molecular weight excluding hydrogens is 440 g/mol. The molecule has 0 radical (unpaired) electrons. The van der Waals surface area contributed by atoms with Gasteiger partial charge in [-0.2, -0.15) is 0 Å². The Bertz CT molecular complexity index is 913. The van der Waals surface area contributed by atoms with Crippen LogP contribution in [-0.4, -0.2) is 60.3 Å². The highest BCUT2D eigenvalue weighted by atomic mass is 32.2. The molecule has 8 heteroatoms. The zero-order valence-electron chi connectivity index (χ0n) is 18.4. The lowest BCUT2D eigenvalue weighted by Crippen LogP contribution is -2.42. The summed E-state index contributed by atoms with van der Waals surface area (Å²) in [5.74, 6) is 2.12. The number of hydrogen-bond donors (Lipinski definition) is 3. The Labute approximate surface area is 198 Å². The van der Waals surface area contributed by atoms with Gasteiger partial charge in [0.2, 0.25) is 5.91 Å². The number of aliphatic hydroxyl groups excluding tert-OH is 1. The topological polar surface area (TPSA) is 79.7 Å². The average Bonchev–Trinajstić information content (AvgIpc) is 3.51. The molecule has 0 bridgehead atoms. The van der Waals surface area contributed by atoms with Crippen molar-refractivity contribution in [3.8, 4) is 0 Å². The minimum Gasteiger partial charge on any atom is -0.395 e. The van der Waals surface area contributed by atoms with Gasteiger partial charge in [-0.25, -0.2) is 0 Å². The van der Waals surface area contributed by atoms with Gasteiger partial charge in [0, 0.05) is 48.9 Å². The van der Waals surface area contributed by atoms with Crippen LogP contribution in [0.2, 0.25) is 0 Å². The normalized spacial score (nSPS) is 16.1. The summed E-state index contributed by atoms with van der Waals surface area (Å²) in [7, 11) is 0. The number of rotatable bonds is 9. The van der Waals surface area contributed by atoms with Crippen molar-refractivity contribution in [2.75, 3.05) is 48.8 Å². The molecule has 1 amide bonds. The van der Waals surface area contributed by atoms with Crippen LogP contribution in [0.4, 0.5) is 11.4 Å². The Morgan fingerprint density at radius 3 is 2.84 bits per heavy atom. The number of aliphatic hydroxyl groups is 1. The Balaban J connectivity index is 1.37. The minimum absolute atomic E-state index is 0.00801. The third-order valence-electron chi connectivity index (χ3n) is 6.26. The van der Waals surface area contributed by atoms with Gasteiger partial charge in [-0.15, -0.1) is 23.1 Å². The zero-order chi connectivity index (χ0) is 22.3. The van der Waals surface area contributed by atoms with E-state index < -0.39 is 0 Å². The van der Waals surface area contributed by atoms with Gasteiger partial charge in [0.15, 0.2) is 0 Å². The highest BCUT2D eigenvalue weighted by molar-refractivity contribution is 7.99. The van der Waals surface area contributed by atoms with E-state index >= 15 is 0 Å². The van der Waals surface area contributed by atoms with Crippen LogP contribution in [0.1, 0.15) is 37.0 Å². The summed E-state index contributed by atoms with van der Waals surface area (Å²) in [4.78, 5) is 19.1. The van der Waals surface area contributed by atoms with Crippen molar-refractivity contribution in [3.63, 3.8) is 0 Å². The summed E-state index contributed by atoms with van der Waals surface area (Å²) in [6, 6.07) is 10.2. The van der Waals surface area contributed by atoms with Crippen LogP contribution in [0.3, 0.4) is 0 Å². The first-order chi connectivity index (χ1) is 15.6. The van der Waals surface area contributed by atoms with Crippen molar-refractivity contribution in [2.24, 2.45) is 5.92 Å². The molecule has 0 atom stereocenters. The lowest BCUT2D eigenvalue weighted by atomic mass is 10.0. The van der Waals surface area contributed by atoms with Crippen molar-refractivity contribution in [1.29, 1.82) is 5.41 Å². The number of fused-ring (bicyclic) bond motifs is 1. The molecule has 1 aromatic carbocycles. The van der Waals surface area contributed by atoms with E-state index in [1.807, 2.05) is 40.2 Å². The van der Waals surface area contributed by atoms with Crippen molar-refractivity contribution in [3.05, 3.63) is 40.6 Å². The van der Waals surface area contributed by atoms with Gasteiger partial charge in [0.1, 0.15) is 5.84 Å². The fraction of sp³-hybridized carbons (Fsp3) is 0.500. The van der Waals surface area contributed by atoms with E-state index in [0.29, 0.717) is 31.3 Å². The number of hydrogen-bond acceptors (Lipinski definition) is 6. The Hall–Kier alpha value is -2.03. The third-order valence-corrected chi connectivity index (χ3v) is 8.17. The van der Waals surface area contributed by atoms with Crippen LogP contribution < -0.4 is 10.2 Å². The molecule has 0 spiro atoms. The van der Waals surface area contributed by atoms with Crippen molar-refractivity contribution < 1.29 is 9.90 Å². The van der Waals surface area contributed by atoms with E-state index in [0.717, 1.165) is 42.2 Å². The van der Waals surface area contributed by atoms with Gasteiger partial charge < -0.3 is 20.2 Å². The van der Waals surface area contributed by atoms with Gasteiger partial charge in [0.25, 0.3) is 0 Å². The van der Waals surface area contributed by atoms with Gasteiger partial charge in [-0.3, -0.25) is 10.2 Å². The fourth-order valence-corrected chi connectivity index (χ4v) is 6.24. The second-order valence-electron chi connectivity index (χ2n) is 8.45. The van der Waals surface area contributed by atoms with Gasteiger partial charge in [-0.05, 0) is 48.4 Å². The third kappa shape index (κ3) is 5.85. The van der Waals surface area contributed by atoms with Crippen LogP contribution in [0.15, 0.2) is 40.6 Å². The van der Waals surface area contributed by atoms with Gasteiger partial charge in [-0.1, -0.05) is 18.9 Å². The number of amidine groups is 1. The van der Waals surface area contributed by atoms with Crippen molar-refractivity contribution in [2.45, 2.75) is 37.0 Å². The standard InChI is InChI=1S/C24H32N4O2S2/c25-24(21-6-3-14-31-21)26-19-7-8-20-22(17-19)32-15-12-27(20)9-10-28(11-13-29)23(30)16-18-4-1-2-5-18/h3,6-8,14,17-18,29H,1-2,4-5,9-13,15-16H2,(H2,25,26). The lowest BCUT2D eigenvalue weighted by Gasteiger charge is -2.33. The molecule has 0 saturated heterocycles. The highest BCUT2D eigenvalue weighted by Crippen LogP contribution is 2.36. The molecule has 1 aromatic heterocycles. The molecule has 2 heterocycles. The van der Waals surface area contributed by atoms with E-state index in [-0.39, 0.29) is 12.5 Å². The van der Waals surface area contributed by atoms with Crippen LogP contribution >= 0.6 is 23.1 Å². The molecule has 1 saturated carbocycles. The summed E-state index contributed by atoms with van der Waals surface area (Å²) in [5, 5.41) is 22.9. The predicted molar refractivity (Wildman–Crippen MR) is 134 cm³/mol. The second kappa shape index (κ2) is 11.2. The maximum absolute atomic E-state index is 12.8. The number of carbonyl (C=O) groups is 1. The number of thiophene rings is 1. The molecule has 2 aromatic rings. The van der Waals surface area contributed by atoms with E-state index in [1.54, 1.807) is 11.3 Å². The number of nitrogens with one attached hydrogen (secondary N) is 2. The van der Waals surface area contributed by atoms with E-state index in [1.165, 1.54) is 23.4 Å². The molecule has 4 rings (SSSR count). The molecule has 1 fully saturated rings. The largest absolute Gasteiger partial charge is 0.395 e. The second-order valence-corrected chi connectivity index (χ2v) is 10.5. The average molecular weight is 473 g/mol.